The molecule has 2 heterocycles. The number of hydrogen-bond acceptors (Lipinski definition) is 5. The molecule has 2 amide bonds. The fraction of sp³-hybridized carbons (Fsp3) is 0.190. The number of anilines is 1. The zero-order valence-electron chi connectivity index (χ0n) is 15.3. The van der Waals surface area contributed by atoms with Crippen LogP contribution in [0.2, 0.25) is 0 Å². The number of carbonyl (C=O) groups is 2. The number of fused-ring (bicyclic) bond motifs is 1. The molecule has 0 aliphatic carbocycles. The maximum Gasteiger partial charge on any atom is 0.257 e. The van der Waals surface area contributed by atoms with Crippen molar-refractivity contribution in [3.63, 3.8) is 0 Å². The third kappa shape index (κ3) is 3.75. The summed E-state index contributed by atoms with van der Waals surface area (Å²) in [4.78, 5) is 32.5. The van der Waals surface area contributed by atoms with Gasteiger partial charge in [0.2, 0.25) is 0 Å². The summed E-state index contributed by atoms with van der Waals surface area (Å²) in [5.74, 6) is 0.499. The van der Waals surface area contributed by atoms with Gasteiger partial charge < -0.3 is 9.64 Å². The summed E-state index contributed by atoms with van der Waals surface area (Å²) in [6, 6.07) is 16.2. The van der Waals surface area contributed by atoms with E-state index in [9.17, 15) is 9.59 Å². The summed E-state index contributed by atoms with van der Waals surface area (Å²) >= 11 is 1.42. The van der Waals surface area contributed by atoms with Crippen LogP contribution in [0.5, 0.6) is 5.75 Å². The van der Waals surface area contributed by atoms with Gasteiger partial charge in [-0.1, -0.05) is 29.5 Å². The van der Waals surface area contributed by atoms with Gasteiger partial charge in [-0.25, -0.2) is 4.98 Å². The Kier molecular flexibility index (Phi) is 5.08. The van der Waals surface area contributed by atoms with Crippen molar-refractivity contribution in [3.8, 4) is 5.75 Å². The van der Waals surface area contributed by atoms with E-state index in [0.717, 1.165) is 10.6 Å². The molecule has 0 atom stereocenters. The second kappa shape index (κ2) is 7.82. The van der Waals surface area contributed by atoms with Gasteiger partial charge in [-0.15, -0.1) is 0 Å². The Labute approximate surface area is 166 Å². The second-order valence-electron chi connectivity index (χ2n) is 6.41. The largest absolute Gasteiger partial charge is 0.497 e. The Morgan fingerprint density at radius 3 is 2.54 bits per heavy atom. The number of hydrogen-bond donors (Lipinski definition) is 1. The number of ether oxygens (including phenoxy) is 1. The van der Waals surface area contributed by atoms with E-state index in [4.69, 9.17) is 4.74 Å². The van der Waals surface area contributed by atoms with Crippen LogP contribution in [0.1, 0.15) is 31.3 Å². The number of thiazole rings is 1. The minimum absolute atomic E-state index is 0.0171. The fourth-order valence-corrected chi connectivity index (χ4v) is 4.12. The van der Waals surface area contributed by atoms with Gasteiger partial charge in [0.15, 0.2) is 5.13 Å². The summed E-state index contributed by atoms with van der Waals surface area (Å²) in [7, 11) is 1.58. The molecule has 0 saturated carbocycles. The predicted molar refractivity (Wildman–Crippen MR) is 108 cm³/mol. The van der Waals surface area contributed by atoms with Crippen LogP contribution in [0.4, 0.5) is 5.13 Å². The highest BCUT2D eigenvalue weighted by Gasteiger charge is 2.25. The number of benzene rings is 2. The molecule has 1 aliphatic rings. The molecule has 4 rings (SSSR count). The summed E-state index contributed by atoms with van der Waals surface area (Å²) < 4.78 is 5.11. The van der Waals surface area contributed by atoms with Gasteiger partial charge in [0.05, 0.1) is 19.3 Å². The van der Waals surface area contributed by atoms with Crippen molar-refractivity contribution in [3.05, 3.63) is 76.3 Å². The lowest BCUT2D eigenvalue weighted by molar-refractivity contribution is 0.0736. The average molecular weight is 393 g/mol. The fourth-order valence-electron chi connectivity index (χ4n) is 3.10. The molecule has 0 saturated heterocycles. The Hall–Kier alpha value is -3.19. The van der Waals surface area contributed by atoms with Crippen LogP contribution in [0.25, 0.3) is 0 Å². The first-order valence-electron chi connectivity index (χ1n) is 8.92. The summed E-state index contributed by atoms with van der Waals surface area (Å²) in [5.41, 5.74) is 2.17. The number of nitrogens with one attached hydrogen (secondary N) is 1. The standard InChI is InChI=1S/C21H19N3O3S/c1-27-16-9-7-14(8-10-16)19(25)23-21-22-17-11-12-24(13-18(17)28-21)20(26)15-5-3-2-4-6-15/h2-10H,11-13H2,1H3,(H,22,23,25). The lowest BCUT2D eigenvalue weighted by Crippen LogP contribution is -2.35. The number of methoxy groups -OCH3 is 1. The van der Waals surface area contributed by atoms with E-state index in [1.807, 2.05) is 35.2 Å². The van der Waals surface area contributed by atoms with Crippen molar-refractivity contribution >= 4 is 28.3 Å². The van der Waals surface area contributed by atoms with Gasteiger partial charge in [-0.05, 0) is 36.4 Å². The molecule has 0 unspecified atom stereocenters. The topological polar surface area (TPSA) is 71.5 Å². The lowest BCUT2D eigenvalue weighted by atomic mass is 10.1. The van der Waals surface area contributed by atoms with E-state index in [-0.39, 0.29) is 11.8 Å². The van der Waals surface area contributed by atoms with Crippen molar-refractivity contribution < 1.29 is 14.3 Å². The van der Waals surface area contributed by atoms with Gasteiger partial charge in [-0.3, -0.25) is 14.9 Å². The maximum atomic E-state index is 12.7. The summed E-state index contributed by atoms with van der Waals surface area (Å²) in [6.45, 7) is 1.13. The van der Waals surface area contributed by atoms with Gasteiger partial charge >= 0.3 is 0 Å². The minimum atomic E-state index is -0.217. The van der Waals surface area contributed by atoms with Crippen molar-refractivity contribution in [2.24, 2.45) is 0 Å². The molecule has 7 heteroatoms. The van der Waals surface area contributed by atoms with Crippen molar-refractivity contribution in [2.45, 2.75) is 13.0 Å². The first kappa shape index (κ1) is 18.2. The quantitative estimate of drug-likeness (QED) is 0.735. The molecular weight excluding hydrogens is 374 g/mol. The molecule has 6 nitrogen and oxygen atoms in total. The van der Waals surface area contributed by atoms with Crippen LogP contribution in [-0.2, 0) is 13.0 Å². The Balaban J connectivity index is 1.45. The van der Waals surface area contributed by atoms with Crippen LogP contribution >= 0.6 is 11.3 Å². The van der Waals surface area contributed by atoms with Gasteiger partial charge in [-0.2, -0.15) is 0 Å². The summed E-state index contributed by atoms with van der Waals surface area (Å²) in [6.07, 6.45) is 0.683. The van der Waals surface area contributed by atoms with E-state index >= 15 is 0 Å². The zero-order chi connectivity index (χ0) is 19.5. The van der Waals surface area contributed by atoms with Gasteiger partial charge in [0, 0.05) is 29.0 Å². The first-order chi connectivity index (χ1) is 13.6. The molecule has 1 aromatic heterocycles. The average Bonchev–Trinajstić information content (AvgIpc) is 3.15. The molecule has 0 radical (unpaired) electrons. The van der Waals surface area contributed by atoms with Crippen LogP contribution < -0.4 is 10.1 Å². The Morgan fingerprint density at radius 2 is 1.82 bits per heavy atom. The highest BCUT2D eigenvalue weighted by Crippen LogP contribution is 2.29. The Bertz CT molecular complexity index is 999. The third-order valence-corrected chi connectivity index (χ3v) is 5.61. The van der Waals surface area contributed by atoms with Crippen LogP contribution in [0.15, 0.2) is 54.6 Å². The van der Waals surface area contributed by atoms with E-state index < -0.39 is 0 Å². The van der Waals surface area contributed by atoms with Crippen LogP contribution in [-0.4, -0.2) is 35.4 Å². The third-order valence-electron chi connectivity index (χ3n) is 4.61. The molecule has 142 valence electrons. The number of carbonyl (C=O) groups excluding carboxylic acids is 2. The first-order valence-corrected chi connectivity index (χ1v) is 9.74. The van der Waals surface area contributed by atoms with Crippen molar-refractivity contribution in [1.82, 2.24) is 9.88 Å². The minimum Gasteiger partial charge on any atom is -0.497 e. The van der Waals surface area contributed by atoms with E-state index in [1.54, 1.807) is 31.4 Å². The van der Waals surface area contributed by atoms with E-state index in [2.05, 4.69) is 10.3 Å². The van der Waals surface area contributed by atoms with Crippen LogP contribution in [0, 0.1) is 0 Å². The summed E-state index contributed by atoms with van der Waals surface area (Å²) in [5, 5.41) is 3.41. The monoisotopic (exact) mass is 393 g/mol. The second-order valence-corrected chi connectivity index (χ2v) is 7.50. The molecule has 1 aliphatic heterocycles. The number of aromatic nitrogens is 1. The normalized spacial score (nSPS) is 13.0. The van der Waals surface area contributed by atoms with E-state index in [0.29, 0.717) is 41.5 Å². The highest BCUT2D eigenvalue weighted by molar-refractivity contribution is 7.15. The molecule has 0 fully saturated rings. The molecule has 2 aromatic carbocycles. The molecule has 28 heavy (non-hydrogen) atoms. The van der Waals surface area contributed by atoms with Crippen LogP contribution in [0.3, 0.4) is 0 Å². The zero-order valence-corrected chi connectivity index (χ0v) is 16.2. The van der Waals surface area contributed by atoms with Crippen molar-refractivity contribution in [2.75, 3.05) is 19.0 Å². The number of nitrogens with zero attached hydrogens (tertiary/aromatic N) is 2. The maximum absolute atomic E-state index is 12.7. The predicted octanol–water partition coefficient (Wildman–Crippen LogP) is 3.60. The van der Waals surface area contributed by atoms with Gasteiger partial charge in [0.25, 0.3) is 11.8 Å². The van der Waals surface area contributed by atoms with E-state index in [1.165, 1.54) is 11.3 Å². The molecule has 0 spiro atoms. The van der Waals surface area contributed by atoms with Gasteiger partial charge in [0.1, 0.15) is 5.75 Å². The lowest BCUT2D eigenvalue weighted by Gasteiger charge is -2.26. The van der Waals surface area contributed by atoms with Crippen molar-refractivity contribution in [1.29, 1.82) is 0 Å². The Morgan fingerprint density at radius 1 is 1.07 bits per heavy atom. The molecule has 3 aromatic rings. The smallest absolute Gasteiger partial charge is 0.257 e. The number of rotatable bonds is 4. The molecule has 1 N–H and O–H groups in total. The molecule has 0 bridgehead atoms. The SMILES string of the molecule is COc1ccc(C(=O)Nc2nc3c(s2)CN(C(=O)c2ccccc2)CC3)cc1. The highest BCUT2D eigenvalue weighted by atomic mass is 32.1. The number of amides is 2. The molecular formula is C21H19N3O3S.